The van der Waals surface area contributed by atoms with Gasteiger partial charge in [0.05, 0.1) is 11.1 Å². The van der Waals surface area contributed by atoms with Gasteiger partial charge in [-0.2, -0.15) is 10.5 Å². The van der Waals surface area contributed by atoms with Crippen LogP contribution in [0.1, 0.15) is 5.89 Å². The van der Waals surface area contributed by atoms with Gasteiger partial charge in [-0.15, -0.1) is 0 Å². The lowest BCUT2D eigenvalue weighted by Crippen LogP contribution is -2.22. The number of hydrogen-bond acceptors (Lipinski definition) is 6. The highest BCUT2D eigenvalue weighted by Crippen LogP contribution is 2.39. The number of nitriles is 2. The molecule has 0 atom stereocenters. The summed E-state index contributed by atoms with van der Waals surface area (Å²) in [5, 5.41) is 27.3. The van der Waals surface area contributed by atoms with Crippen LogP contribution in [0.2, 0.25) is 0 Å². The minimum Gasteiger partial charge on any atom is -0.504 e. The molecule has 20 heavy (non-hydrogen) atoms. The molecule has 1 aliphatic carbocycles. The van der Waals surface area contributed by atoms with E-state index in [9.17, 15) is 9.90 Å². The van der Waals surface area contributed by atoms with E-state index in [1.54, 1.807) is 36.4 Å². The molecule has 1 aromatic carbocycles. The Morgan fingerprint density at radius 1 is 1.25 bits per heavy atom. The number of ketones is 1. The van der Waals surface area contributed by atoms with Crippen molar-refractivity contribution in [3.63, 3.8) is 0 Å². The van der Waals surface area contributed by atoms with Crippen molar-refractivity contribution in [2.45, 2.75) is 0 Å². The molecular formula is C14H5N3O3. The summed E-state index contributed by atoms with van der Waals surface area (Å²) >= 11 is 0. The van der Waals surface area contributed by atoms with Crippen molar-refractivity contribution in [2.24, 2.45) is 0 Å². The fraction of sp³-hybridized carbons (Fsp3) is 0. The van der Waals surface area contributed by atoms with Gasteiger partial charge in [0.1, 0.15) is 23.2 Å². The summed E-state index contributed by atoms with van der Waals surface area (Å²) in [7, 11) is 0. The maximum Gasteiger partial charge on any atom is 0.232 e. The Hall–Kier alpha value is -3.38. The molecule has 0 bridgehead atoms. The number of nitrogens with zero attached hydrogens (tertiary/aromatic N) is 3. The van der Waals surface area contributed by atoms with Crippen LogP contribution in [0, 0.1) is 22.7 Å². The number of oxazole rings is 1. The Labute approximate surface area is 112 Å². The number of Topliss-reactive ketones (excluding diaryl/α,β-unsaturated/α-hetero) is 1. The van der Waals surface area contributed by atoms with Crippen LogP contribution in [-0.2, 0) is 4.79 Å². The average molecular weight is 263 g/mol. The zero-order chi connectivity index (χ0) is 14.3. The van der Waals surface area contributed by atoms with Crippen LogP contribution in [-0.4, -0.2) is 15.9 Å². The van der Waals surface area contributed by atoms with Gasteiger partial charge in [0.25, 0.3) is 0 Å². The van der Waals surface area contributed by atoms with E-state index in [0.29, 0.717) is 11.1 Å². The second-order valence-electron chi connectivity index (χ2n) is 4.01. The van der Waals surface area contributed by atoms with Crippen molar-refractivity contribution < 1.29 is 14.3 Å². The highest BCUT2D eigenvalue weighted by atomic mass is 16.4. The number of aromatic nitrogens is 1. The average Bonchev–Trinajstić information content (AvgIpc) is 2.89. The molecule has 0 spiro atoms. The van der Waals surface area contributed by atoms with Gasteiger partial charge in [0, 0.05) is 0 Å². The van der Waals surface area contributed by atoms with E-state index in [2.05, 4.69) is 4.98 Å². The molecule has 0 saturated carbocycles. The Kier molecular flexibility index (Phi) is 2.38. The molecule has 6 heteroatoms. The van der Waals surface area contributed by atoms with E-state index in [4.69, 9.17) is 14.9 Å². The summed E-state index contributed by atoms with van der Waals surface area (Å²) in [5.74, 6) is -1.28. The first kappa shape index (κ1) is 11.7. The summed E-state index contributed by atoms with van der Waals surface area (Å²) in [5.41, 5.74) is 0.516. The lowest BCUT2D eigenvalue weighted by molar-refractivity contribution is -0.115. The number of hydrogen-bond donors (Lipinski definition) is 1. The van der Waals surface area contributed by atoms with Crippen molar-refractivity contribution in [3.8, 4) is 12.1 Å². The van der Waals surface area contributed by atoms with Crippen LogP contribution < -0.4 is 0 Å². The lowest BCUT2D eigenvalue weighted by atomic mass is 9.84. The molecule has 0 unspecified atom stereocenters. The molecule has 0 radical (unpaired) electrons. The maximum atomic E-state index is 11.6. The van der Waals surface area contributed by atoms with Gasteiger partial charge in [-0.3, -0.25) is 4.79 Å². The fourth-order valence-corrected chi connectivity index (χ4v) is 1.96. The Morgan fingerprint density at radius 2 is 1.95 bits per heavy atom. The van der Waals surface area contributed by atoms with Gasteiger partial charge < -0.3 is 9.52 Å². The molecule has 3 rings (SSSR count). The van der Waals surface area contributed by atoms with Crippen LogP contribution in [0.4, 0.5) is 0 Å². The van der Waals surface area contributed by atoms with Crippen molar-refractivity contribution in [2.75, 3.05) is 0 Å². The summed E-state index contributed by atoms with van der Waals surface area (Å²) in [6, 6.07) is 10.2. The van der Waals surface area contributed by atoms with E-state index in [-0.39, 0.29) is 22.6 Å². The molecule has 0 saturated heterocycles. The smallest absolute Gasteiger partial charge is 0.232 e. The predicted octanol–water partition coefficient (Wildman–Crippen LogP) is 2.02. The van der Waals surface area contributed by atoms with Crippen molar-refractivity contribution in [1.29, 1.82) is 10.5 Å². The number of fused-ring (bicyclic) bond motifs is 1. The van der Waals surface area contributed by atoms with Crippen LogP contribution in [0.5, 0.6) is 0 Å². The summed E-state index contributed by atoms with van der Waals surface area (Å²) < 4.78 is 5.43. The van der Waals surface area contributed by atoms with Gasteiger partial charge in [-0.05, 0) is 12.1 Å². The summed E-state index contributed by atoms with van der Waals surface area (Å²) in [4.78, 5) is 15.7. The van der Waals surface area contributed by atoms with Crippen LogP contribution in [0.25, 0.3) is 16.7 Å². The van der Waals surface area contributed by atoms with E-state index >= 15 is 0 Å². The molecule has 0 aliphatic heterocycles. The molecular weight excluding hydrogens is 258 g/mol. The molecule has 1 N–H and O–H groups in total. The fourth-order valence-electron chi connectivity index (χ4n) is 1.96. The van der Waals surface area contributed by atoms with Crippen molar-refractivity contribution in [1.82, 2.24) is 4.98 Å². The number of carbonyl (C=O) groups is 1. The van der Waals surface area contributed by atoms with Crippen molar-refractivity contribution >= 4 is 22.5 Å². The topological polar surface area (TPSA) is 111 Å². The standard InChI is InChI=1S/C14H5N3O3/c15-5-7(6-16)10-11(13(19)12(10)18)14-17-8-3-1-2-4-9(8)20-14/h1-4,19H. The second-order valence-corrected chi connectivity index (χ2v) is 4.01. The normalized spacial score (nSPS) is 13.9. The Balaban J connectivity index is 2.24. The third kappa shape index (κ3) is 1.43. The van der Waals surface area contributed by atoms with E-state index in [0.717, 1.165) is 0 Å². The number of aliphatic hydroxyl groups excluding tert-OH is 1. The zero-order valence-corrected chi connectivity index (χ0v) is 9.91. The zero-order valence-electron chi connectivity index (χ0n) is 9.91. The first-order chi connectivity index (χ1) is 9.67. The minimum absolute atomic E-state index is 0.00398. The van der Waals surface area contributed by atoms with Gasteiger partial charge in [0.15, 0.2) is 11.3 Å². The molecule has 0 fully saturated rings. The van der Waals surface area contributed by atoms with E-state index < -0.39 is 11.5 Å². The molecule has 1 heterocycles. The molecule has 6 nitrogen and oxygen atoms in total. The molecule has 94 valence electrons. The molecule has 2 aromatic rings. The minimum atomic E-state index is -0.750. The third-order valence-corrected chi connectivity index (χ3v) is 2.91. The van der Waals surface area contributed by atoms with Gasteiger partial charge in [-0.25, -0.2) is 4.98 Å². The first-order valence-corrected chi connectivity index (χ1v) is 5.56. The van der Waals surface area contributed by atoms with Crippen molar-refractivity contribution in [3.05, 3.63) is 47.1 Å². The largest absolute Gasteiger partial charge is 0.504 e. The number of para-hydroxylation sites is 2. The quantitative estimate of drug-likeness (QED) is 0.622. The molecule has 1 aromatic heterocycles. The Bertz CT molecular complexity index is 855. The maximum absolute atomic E-state index is 11.6. The van der Waals surface area contributed by atoms with E-state index in [1.807, 2.05) is 0 Å². The monoisotopic (exact) mass is 263 g/mol. The van der Waals surface area contributed by atoms with Crippen LogP contribution in [0.15, 0.2) is 45.6 Å². The molecule has 0 amide bonds. The van der Waals surface area contributed by atoms with Crippen LogP contribution in [0.3, 0.4) is 0 Å². The lowest BCUT2D eigenvalue weighted by Gasteiger charge is -2.18. The van der Waals surface area contributed by atoms with Gasteiger partial charge in [-0.1, -0.05) is 12.1 Å². The number of rotatable bonds is 1. The van der Waals surface area contributed by atoms with E-state index in [1.165, 1.54) is 0 Å². The molecule has 1 aliphatic rings. The van der Waals surface area contributed by atoms with Gasteiger partial charge in [0.2, 0.25) is 11.7 Å². The van der Waals surface area contributed by atoms with Gasteiger partial charge >= 0.3 is 0 Å². The number of benzene rings is 1. The Morgan fingerprint density at radius 3 is 2.60 bits per heavy atom. The highest BCUT2D eigenvalue weighted by molar-refractivity contribution is 6.31. The number of aliphatic hydroxyl groups is 1. The van der Waals surface area contributed by atoms with Crippen LogP contribution >= 0.6 is 0 Å². The second kappa shape index (κ2) is 4.08. The predicted molar refractivity (Wildman–Crippen MR) is 66.8 cm³/mol. The highest BCUT2D eigenvalue weighted by Gasteiger charge is 2.40. The summed E-state index contributed by atoms with van der Waals surface area (Å²) in [6.07, 6.45) is 0. The first-order valence-electron chi connectivity index (χ1n) is 5.56. The number of carbonyl (C=O) groups excluding carboxylic acids is 1. The third-order valence-electron chi connectivity index (χ3n) is 2.91. The summed E-state index contributed by atoms with van der Waals surface area (Å²) in [6.45, 7) is 0. The SMILES string of the molecule is N#CC(C#N)=C1C(=O)C(O)=C1c1nc2ccccc2o1. The number of allylic oxidation sites excluding steroid dienone is 3.